The highest BCUT2D eigenvalue weighted by Gasteiger charge is 2.51. The first-order chi connectivity index (χ1) is 10.8. The van der Waals surface area contributed by atoms with Crippen LogP contribution in [0.1, 0.15) is 72.1 Å². The van der Waals surface area contributed by atoms with Gasteiger partial charge in [0.2, 0.25) is 5.91 Å². The van der Waals surface area contributed by atoms with Crippen LogP contribution in [0.2, 0.25) is 0 Å². The first-order valence-corrected chi connectivity index (χ1v) is 9.53. The van der Waals surface area contributed by atoms with Crippen LogP contribution in [0, 0.1) is 0 Å². The second-order valence-electron chi connectivity index (χ2n) is 6.34. The average molecular weight is 343 g/mol. The van der Waals surface area contributed by atoms with Crippen molar-refractivity contribution in [3.8, 4) is 0 Å². The molecule has 1 fully saturated rings. The lowest BCUT2D eigenvalue weighted by molar-refractivity contribution is -0.153. The van der Waals surface area contributed by atoms with Gasteiger partial charge in [-0.05, 0) is 20.3 Å². The third-order valence-electron chi connectivity index (χ3n) is 4.49. The minimum absolute atomic E-state index is 0.167. The Morgan fingerprint density at radius 3 is 2.22 bits per heavy atom. The molecule has 23 heavy (non-hydrogen) atoms. The Kier molecular flexibility index (Phi) is 8.09. The minimum atomic E-state index is -1.04. The van der Waals surface area contributed by atoms with E-state index in [1.54, 1.807) is 6.92 Å². The molecule has 0 spiro atoms. The van der Waals surface area contributed by atoms with Crippen LogP contribution in [0.5, 0.6) is 0 Å². The van der Waals surface area contributed by atoms with E-state index >= 15 is 0 Å². The maximum Gasteiger partial charge on any atom is 0.327 e. The van der Waals surface area contributed by atoms with Crippen LogP contribution in [0.4, 0.5) is 0 Å². The summed E-state index contributed by atoms with van der Waals surface area (Å²) in [5, 5.41) is 9.32. The van der Waals surface area contributed by atoms with E-state index in [2.05, 4.69) is 6.92 Å². The third kappa shape index (κ3) is 5.23. The number of unbranched alkanes of at least 4 members (excludes halogenated alkanes) is 6. The number of hydrogen-bond acceptors (Lipinski definition) is 4. The van der Waals surface area contributed by atoms with Crippen molar-refractivity contribution in [3.05, 3.63) is 0 Å². The maximum atomic E-state index is 12.5. The van der Waals surface area contributed by atoms with E-state index in [0.717, 1.165) is 19.3 Å². The summed E-state index contributed by atoms with van der Waals surface area (Å²) < 4.78 is 0. The number of ketones is 1. The largest absolute Gasteiger partial charge is 0.480 e. The van der Waals surface area contributed by atoms with Gasteiger partial charge >= 0.3 is 5.97 Å². The summed E-state index contributed by atoms with van der Waals surface area (Å²) in [4.78, 5) is 36.1. The lowest BCUT2D eigenvalue weighted by atomic mass is 10.1. The van der Waals surface area contributed by atoms with Crippen LogP contribution in [-0.4, -0.2) is 44.3 Å². The van der Waals surface area contributed by atoms with Gasteiger partial charge in [-0.2, -0.15) is 0 Å². The monoisotopic (exact) mass is 343 g/mol. The molecule has 132 valence electrons. The number of rotatable bonds is 10. The SMILES string of the molecule is CCCCCCCCCC(=O)N1C(C(=O)O)CSC1(C)C(C)=O. The molecule has 1 aliphatic heterocycles. The smallest absolute Gasteiger partial charge is 0.327 e. The van der Waals surface area contributed by atoms with Gasteiger partial charge in [0.25, 0.3) is 0 Å². The number of carbonyl (C=O) groups is 3. The van der Waals surface area contributed by atoms with Crippen LogP contribution in [-0.2, 0) is 14.4 Å². The molecule has 0 aromatic rings. The molecular weight excluding hydrogens is 314 g/mol. The van der Waals surface area contributed by atoms with Gasteiger partial charge in [-0.1, -0.05) is 45.4 Å². The summed E-state index contributed by atoms with van der Waals surface area (Å²) in [5.74, 6) is -1.14. The standard InChI is InChI=1S/C17H29NO4S/c1-4-5-6-7-8-9-10-11-15(20)18-14(16(21)22)12-23-17(18,3)13(2)19/h14H,4-12H2,1-3H3,(H,21,22). The highest BCUT2D eigenvalue weighted by Crippen LogP contribution is 2.40. The molecule has 0 radical (unpaired) electrons. The van der Waals surface area contributed by atoms with E-state index in [9.17, 15) is 19.5 Å². The molecule has 1 saturated heterocycles. The van der Waals surface area contributed by atoms with Crippen molar-refractivity contribution in [1.29, 1.82) is 0 Å². The summed E-state index contributed by atoms with van der Waals surface area (Å²) in [5.41, 5.74) is 0. The van der Waals surface area contributed by atoms with Crippen molar-refractivity contribution < 1.29 is 19.5 Å². The maximum absolute atomic E-state index is 12.5. The Morgan fingerprint density at radius 1 is 1.13 bits per heavy atom. The first-order valence-electron chi connectivity index (χ1n) is 8.54. The molecule has 1 aliphatic rings. The molecule has 0 bridgehead atoms. The number of Topliss-reactive ketones (excluding diaryl/α,β-unsaturated/α-hetero) is 1. The predicted octanol–water partition coefficient (Wildman–Crippen LogP) is 3.46. The molecule has 6 heteroatoms. The van der Waals surface area contributed by atoms with Gasteiger partial charge in [0, 0.05) is 12.2 Å². The fourth-order valence-corrected chi connectivity index (χ4v) is 4.25. The highest BCUT2D eigenvalue weighted by molar-refractivity contribution is 8.01. The van der Waals surface area contributed by atoms with Crippen LogP contribution in [0.15, 0.2) is 0 Å². The van der Waals surface area contributed by atoms with E-state index in [4.69, 9.17) is 0 Å². The highest BCUT2D eigenvalue weighted by atomic mass is 32.2. The van der Waals surface area contributed by atoms with Crippen molar-refractivity contribution in [2.24, 2.45) is 0 Å². The summed E-state index contributed by atoms with van der Waals surface area (Å²) in [6, 6.07) is -0.897. The number of thioether (sulfide) groups is 1. The summed E-state index contributed by atoms with van der Waals surface area (Å²) >= 11 is 1.25. The van der Waals surface area contributed by atoms with Crippen molar-refractivity contribution in [2.75, 3.05) is 5.75 Å². The Bertz CT molecular complexity index is 440. The molecular formula is C17H29NO4S. The Balaban J connectivity index is 2.53. The van der Waals surface area contributed by atoms with Crippen molar-refractivity contribution in [1.82, 2.24) is 4.90 Å². The van der Waals surface area contributed by atoms with Crippen LogP contribution in [0.3, 0.4) is 0 Å². The first kappa shape index (κ1) is 20.0. The number of carboxylic acid groups (broad SMARTS) is 1. The zero-order valence-electron chi connectivity index (χ0n) is 14.5. The number of carboxylic acids is 1. The van der Waals surface area contributed by atoms with Crippen LogP contribution < -0.4 is 0 Å². The van der Waals surface area contributed by atoms with Gasteiger partial charge in [0.15, 0.2) is 5.78 Å². The van der Waals surface area contributed by atoms with Crippen LogP contribution >= 0.6 is 11.8 Å². The summed E-state index contributed by atoms with van der Waals surface area (Å²) in [6.45, 7) is 5.26. The molecule has 5 nitrogen and oxygen atoms in total. The van der Waals surface area contributed by atoms with Crippen molar-refractivity contribution in [3.63, 3.8) is 0 Å². The van der Waals surface area contributed by atoms with Gasteiger partial charge in [-0.25, -0.2) is 4.79 Å². The number of amides is 1. The molecule has 0 aromatic carbocycles. The zero-order chi connectivity index (χ0) is 17.5. The van der Waals surface area contributed by atoms with Gasteiger partial charge in [-0.3, -0.25) is 9.59 Å². The topological polar surface area (TPSA) is 74.7 Å². The van der Waals surface area contributed by atoms with Gasteiger partial charge in [0.1, 0.15) is 10.9 Å². The molecule has 0 saturated carbocycles. The fraction of sp³-hybridized carbons (Fsp3) is 0.824. The number of hydrogen-bond donors (Lipinski definition) is 1. The lowest BCUT2D eigenvalue weighted by Gasteiger charge is -2.34. The zero-order valence-corrected chi connectivity index (χ0v) is 15.3. The summed E-state index contributed by atoms with van der Waals surface area (Å²) in [6.07, 6.45) is 8.04. The molecule has 1 N–H and O–H groups in total. The lowest BCUT2D eigenvalue weighted by Crippen LogP contribution is -2.54. The van der Waals surface area contributed by atoms with E-state index in [0.29, 0.717) is 6.42 Å². The third-order valence-corrected chi connectivity index (χ3v) is 6.02. The molecule has 0 aromatic heterocycles. The van der Waals surface area contributed by atoms with E-state index in [1.807, 2.05) is 0 Å². The molecule has 2 unspecified atom stereocenters. The van der Waals surface area contributed by atoms with Crippen molar-refractivity contribution >= 4 is 29.4 Å². The van der Waals surface area contributed by atoms with Gasteiger partial charge in [-0.15, -0.1) is 11.8 Å². The normalized spacial score (nSPS) is 24.0. The fourth-order valence-electron chi connectivity index (χ4n) is 2.90. The predicted molar refractivity (Wildman–Crippen MR) is 92.4 cm³/mol. The van der Waals surface area contributed by atoms with Crippen LogP contribution in [0.25, 0.3) is 0 Å². The number of carbonyl (C=O) groups excluding carboxylic acids is 2. The second-order valence-corrected chi connectivity index (χ2v) is 7.76. The van der Waals surface area contributed by atoms with E-state index in [1.165, 1.54) is 49.3 Å². The van der Waals surface area contributed by atoms with E-state index < -0.39 is 16.9 Å². The molecule has 1 rings (SSSR count). The van der Waals surface area contributed by atoms with Gasteiger partial charge < -0.3 is 10.0 Å². The Hall–Kier alpha value is -1.04. The molecule has 0 aliphatic carbocycles. The van der Waals surface area contributed by atoms with Gasteiger partial charge in [0.05, 0.1) is 0 Å². The van der Waals surface area contributed by atoms with Crippen molar-refractivity contribution in [2.45, 2.75) is 83.1 Å². The summed E-state index contributed by atoms with van der Waals surface area (Å²) in [7, 11) is 0. The quantitative estimate of drug-likeness (QED) is 0.615. The average Bonchev–Trinajstić information content (AvgIpc) is 2.85. The minimum Gasteiger partial charge on any atom is -0.480 e. The Morgan fingerprint density at radius 2 is 1.70 bits per heavy atom. The molecule has 2 atom stereocenters. The Labute approximate surface area is 143 Å². The number of aliphatic carboxylic acids is 1. The second kappa shape index (κ2) is 9.30. The van der Waals surface area contributed by atoms with E-state index in [-0.39, 0.29) is 17.4 Å². The molecule has 1 heterocycles. The number of nitrogens with zero attached hydrogens (tertiary/aromatic N) is 1. The molecule has 1 amide bonds.